The molecule has 0 radical (unpaired) electrons. The van der Waals surface area contributed by atoms with Gasteiger partial charge in [0, 0.05) is 17.2 Å². The lowest BCUT2D eigenvalue weighted by molar-refractivity contribution is 0.299. The Morgan fingerprint density at radius 3 is 2.53 bits per heavy atom. The summed E-state index contributed by atoms with van der Waals surface area (Å²) >= 11 is 1.69. The largest absolute Gasteiger partial charge is 0.497 e. The molecule has 0 bridgehead atoms. The second kappa shape index (κ2) is 10.5. The first-order chi connectivity index (χ1) is 16.8. The molecule has 34 heavy (non-hydrogen) atoms. The molecule has 5 aromatic rings. The summed E-state index contributed by atoms with van der Waals surface area (Å²) in [5.41, 5.74) is 2.10. The van der Waals surface area contributed by atoms with Crippen LogP contribution in [0.25, 0.3) is 21.8 Å². The summed E-state index contributed by atoms with van der Waals surface area (Å²) < 4.78 is 19.6. The fourth-order valence-electron chi connectivity index (χ4n) is 3.93. The zero-order valence-electron chi connectivity index (χ0n) is 19.0. The van der Waals surface area contributed by atoms with Crippen molar-refractivity contribution in [1.29, 1.82) is 0 Å². The molecular weight excluding hydrogens is 444 g/mol. The third kappa shape index (κ3) is 4.97. The molecule has 0 amide bonds. The first-order valence-corrected chi connectivity index (χ1v) is 12.3. The number of methoxy groups -OCH3 is 1. The fraction of sp³-hybridized carbons (Fsp3) is 0.179. The van der Waals surface area contributed by atoms with Crippen molar-refractivity contribution in [3.8, 4) is 17.2 Å². The lowest BCUT2D eigenvalue weighted by Crippen LogP contribution is -2.10. The van der Waals surface area contributed by atoms with Crippen LogP contribution in [-0.4, -0.2) is 35.6 Å². The van der Waals surface area contributed by atoms with E-state index in [0.29, 0.717) is 19.8 Å². The van der Waals surface area contributed by atoms with E-state index in [1.807, 2.05) is 66.7 Å². The molecule has 0 unspecified atom stereocenters. The molecule has 5 rings (SSSR count). The van der Waals surface area contributed by atoms with Crippen molar-refractivity contribution in [2.45, 2.75) is 11.7 Å². The monoisotopic (exact) mass is 470 g/mol. The lowest BCUT2D eigenvalue weighted by Gasteiger charge is -2.12. The summed E-state index contributed by atoms with van der Waals surface area (Å²) in [5, 5.41) is 3.28. The van der Waals surface area contributed by atoms with Gasteiger partial charge in [0.25, 0.3) is 0 Å². The molecule has 0 fully saturated rings. The van der Waals surface area contributed by atoms with Gasteiger partial charge in [-0.1, -0.05) is 66.4 Å². The predicted octanol–water partition coefficient (Wildman–Crippen LogP) is 6.45. The van der Waals surface area contributed by atoms with Gasteiger partial charge < -0.3 is 18.8 Å². The molecule has 0 saturated heterocycles. The molecule has 0 saturated carbocycles. The Morgan fingerprint density at radius 1 is 0.794 bits per heavy atom. The zero-order chi connectivity index (χ0) is 23.2. The number of nitrogens with zero attached hydrogens (tertiary/aromatic N) is 2. The minimum Gasteiger partial charge on any atom is -0.497 e. The van der Waals surface area contributed by atoms with Crippen molar-refractivity contribution in [2.75, 3.05) is 26.1 Å². The predicted molar refractivity (Wildman–Crippen MR) is 138 cm³/mol. The quantitative estimate of drug-likeness (QED) is 0.173. The average Bonchev–Trinajstić information content (AvgIpc) is 3.24. The first-order valence-electron chi connectivity index (χ1n) is 11.3. The molecule has 6 heteroatoms. The van der Waals surface area contributed by atoms with Crippen LogP contribution in [0, 0.1) is 0 Å². The van der Waals surface area contributed by atoms with Crippen LogP contribution in [0.15, 0.2) is 96.2 Å². The van der Waals surface area contributed by atoms with Crippen LogP contribution in [0.4, 0.5) is 0 Å². The topological polar surface area (TPSA) is 45.5 Å². The number of para-hydroxylation sites is 2. The first kappa shape index (κ1) is 22.2. The number of benzene rings is 4. The second-order valence-electron chi connectivity index (χ2n) is 7.74. The maximum atomic E-state index is 6.21. The van der Waals surface area contributed by atoms with Gasteiger partial charge in [-0.25, -0.2) is 4.98 Å². The SMILES string of the molecule is COc1cccc(OCCSc2nc3ccccc3n2CCOc2cccc3ccccc23)c1. The second-order valence-corrected chi connectivity index (χ2v) is 8.80. The number of fused-ring (bicyclic) bond motifs is 2. The van der Waals surface area contributed by atoms with E-state index in [-0.39, 0.29) is 0 Å². The highest BCUT2D eigenvalue weighted by molar-refractivity contribution is 7.99. The van der Waals surface area contributed by atoms with Gasteiger partial charge in [0.05, 0.1) is 31.3 Å². The zero-order valence-corrected chi connectivity index (χ0v) is 19.8. The molecule has 1 heterocycles. The molecule has 0 aliphatic rings. The van der Waals surface area contributed by atoms with Crippen molar-refractivity contribution < 1.29 is 14.2 Å². The Labute approximate surface area is 203 Å². The Hall–Kier alpha value is -3.64. The van der Waals surface area contributed by atoms with E-state index in [2.05, 4.69) is 28.8 Å². The van der Waals surface area contributed by atoms with Gasteiger partial charge in [-0.3, -0.25) is 0 Å². The molecule has 1 aromatic heterocycles. The van der Waals surface area contributed by atoms with Crippen LogP contribution in [0.1, 0.15) is 0 Å². The van der Waals surface area contributed by atoms with E-state index in [1.165, 1.54) is 5.39 Å². The number of rotatable bonds is 10. The fourth-order valence-corrected chi connectivity index (χ4v) is 4.79. The summed E-state index contributed by atoms with van der Waals surface area (Å²) in [6.07, 6.45) is 0. The molecule has 0 N–H and O–H groups in total. The molecule has 4 aromatic carbocycles. The van der Waals surface area contributed by atoms with E-state index in [0.717, 1.165) is 44.6 Å². The molecule has 0 aliphatic carbocycles. The van der Waals surface area contributed by atoms with Crippen LogP contribution < -0.4 is 14.2 Å². The number of imidazole rings is 1. The van der Waals surface area contributed by atoms with Crippen LogP contribution in [-0.2, 0) is 6.54 Å². The average molecular weight is 471 g/mol. The smallest absolute Gasteiger partial charge is 0.169 e. The van der Waals surface area contributed by atoms with Gasteiger partial charge in [0.15, 0.2) is 5.16 Å². The van der Waals surface area contributed by atoms with E-state index in [4.69, 9.17) is 19.2 Å². The van der Waals surface area contributed by atoms with Crippen molar-refractivity contribution in [1.82, 2.24) is 9.55 Å². The highest BCUT2D eigenvalue weighted by Gasteiger charge is 2.12. The van der Waals surface area contributed by atoms with E-state index in [1.54, 1.807) is 18.9 Å². The highest BCUT2D eigenvalue weighted by Crippen LogP contribution is 2.27. The van der Waals surface area contributed by atoms with Crippen molar-refractivity contribution in [3.05, 3.63) is 91.0 Å². The molecule has 0 aliphatic heterocycles. The Balaban J connectivity index is 1.25. The number of ether oxygens (including phenoxy) is 3. The van der Waals surface area contributed by atoms with Crippen molar-refractivity contribution in [3.63, 3.8) is 0 Å². The van der Waals surface area contributed by atoms with Gasteiger partial charge in [0.2, 0.25) is 0 Å². The molecule has 5 nitrogen and oxygen atoms in total. The lowest BCUT2D eigenvalue weighted by atomic mass is 10.1. The van der Waals surface area contributed by atoms with Gasteiger partial charge >= 0.3 is 0 Å². The maximum Gasteiger partial charge on any atom is 0.169 e. The van der Waals surface area contributed by atoms with E-state index < -0.39 is 0 Å². The minimum absolute atomic E-state index is 0.558. The van der Waals surface area contributed by atoms with Crippen LogP contribution in [0.3, 0.4) is 0 Å². The molecule has 172 valence electrons. The van der Waals surface area contributed by atoms with E-state index in [9.17, 15) is 0 Å². The Morgan fingerprint density at radius 2 is 1.59 bits per heavy atom. The van der Waals surface area contributed by atoms with Gasteiger partial charge in [0.1, 0.15) is 23.9 Å². The number of thioether (sulfide) groups is 1. The van der Waals surface area contributed by atoms with Crippen LogP contribution in [0.2, 0.25) is 0 Å². The minimum atomic E-state index is 0.558. The molecule has 0 atom stereocenters. The standard InChI is InChI=1S/C28H26N2O3S/c1-31-22-10-7-11-23(20-22)32-18-19-34-28-29-25-13-4-5-14-26(25)30(28)16-17-33-27-15-6-9-21-8-2-3-12-24(21)27/h2-15,20H,16-19H2,1H3. The Kier molecular flexibility index (Phi) is 6.86. The van der Waals surface area contributed by atoms with Crippen LogP contribution >= 0.6 is 11.8 Å². The van der Waals surface area contributed by atoms with Crippen LogP contribution in [0.5, 0.6) is 17.2 Å². The summed E-state index contributed by atoms with van der Waals surface area (Å²) in [4.78, 5) is 4.86. The molecular formula is C28H26N2O3S. The summed E-state index contributed by atoms with van der Waals surface area (Å²) in [7, 11) is 1.66. The van der Waals surface area contributed by atoms with Gasteiger partial charge in [-0.05, 0) is 35.7 Å². The number of hydrogen-bond acceptors (Lipinski definition) is 5. The molecule has 0 spiro atoms. The Bertz CT molecular complexity index is 1390. The number of hydrogen-bond donors (Lipinski definition) is 0. The van der Waals surface area contributed by atoms with E-state index >= 15 is 0 Å². The third-order valence-corrected chi connectivity index (χ3v) is 6.51. The summed E-state index contributed by atoms with van der Waals surface area (Å²) in [6.45, 7) is 1.85. The van der Waals surface area contributed by atoms with Crippen molar-refractivity contribution in [2.24, 2.45) is 0 Å². The maximum absolute atomic E-state index is 6.21. The van der Waals surface area contributed by atoms with Crippen molar-refractivity contribution >= 4 is 33.6 Å². The summed E-state index contributed by atoms with van der Waals surface area (Å²) in [5.74, 6) is 3.28. The number of aromatic nitrogens is 2. The normalized spacial score (nSPS) is 11.1. The van der Waals surface area contributed by atoms with Gasteiger partial charge in [-0.15, -0.1) is 0 Å². The third-order valence-electron chi connectivity index (χ3n) is 5.57. The highest BCUT2D eigenvalue weighted by atomic mass is 32.2. The summed E-state index contributed by atoms with van der Waals surface area (Å²) in [6, 6.07) is 30.4. The van der Waals surface area contributed by atoms with Gasteiger partial charge in [-0.2, -0.15) is 0 Å².